The van der Waals surface area contributed by atoms with Crippen LogP contribution in [0.25, 0.3) is 0 Å². The maximum absolute atomic E-state index is 11.7. The van der Waals surface area contributed by atoms with E-state index in [1.54, 1.807) is 31.2 Å². The van der Waals surface area contributed by atoms with Gasteiger partial charge in [0, 0.05) is 0 Å². The number of nitrogens with two attached hydrogens (primary N) is 1. The van der Waals surface area contributed by atoms with E-state index in [2.05, 4.69) is 0 Å². The minimum atomic E-state index is -3.15. The Morgan fingerprint density at radius 3 is 2.19 bits per heavy atom. The minimum Gasteiger partial charge on any atom is -0.492 e. The van der Waals surface area contributed by atoms with Crippen LogP contribution in [-0.2, 0) is 9.84 Å². The Bertz CT molecular complexity index is 543. The van der Waals surface area contributed by atoms with Crippen LogP contribution < -0.4 is 10.5 Å². The van der Waals surface area contributed by atoms with Crippen molar-refractivity contribution in [3.8, 4) is 5.75 Å². The first-order chi connectivity index (χ1) is 9.95. The second-order valence-electron chi connectivity index (χ2n) is 5.94. The smallest absolute Gasteiger partial charge is 0.178 e. The Morgan fingerprint density at radius 1 is 1.10 bits per heavy atom. The number of hydrogen-bond acceptors (Lipinski definition) is 4. The molecule has 118 valence electrons. The molecule has 1 fully saturated rings. The largest absolute Gasteiger partial charge is 0.492 e. The zero-order chi connectivity index (χ0) is 15.3. The van der Waals surface area contributed by atoms with Gasteiger partial charge in [-0.05, 0) is 37.1 Å². The highest BCUT2D eigenvalue weighted by atomic mass is 32.2. The van der Waals surface area contributed by atoms with Gasteiger partial charge in [-0.15, -0.1) is 0 Å². The molecule has 21 heavy (non-hydrogen) atoms. The molecule has 0 saturated heterocycles. The number of hydrogen-bond donors (Lipinski definition) is 1. The van der Waals surface area contributed by atoms with Crippen LogP contribution in [0, 0.1) is 0 Å². The summed E-state index contributed by atoms with van der Waals surface area (Å²) in [7, 11) is -3.15. The summed E-state index contributed by atoms with van der Waals surface area (Å²) in [5.41, 5.74) is 6.16. The van der Waals surface area contributed by atoms with Crippen molar-refractivity contribution in [1.29, 1.82) is 0 Å². The quantitative estimate of drug-likeness (QED) is 0.849. The van der Waals surface area contributed by atoms with Crippen LogP contribution in [0.3, 0.4) is 0 Å². The number of ether oxygens (including phenoxy) is 1. The number of benzene rings is 1. The molecular weight excluding hydrogens is 286 g/mol. The summed E-state index contributed by atoms with van der Waals surface area (Å²) in [5.74, 6) is 0.790. The maximum Gasteiger partial charge on any atom is 0.178 e. The van der Waals surface area contributed by atoms with Crippen molar-refractivity contribution in [2.24, 2.45) is 5.73 Å². The van der Waals surface area contributed by atoms with E-state index in [1.807, 2.05) is 0 Å². The van der Waals surface area contributed by atoms with E-state index in [4.69, 9.17) is 10.5 Å². The molecule has 1 saturated carbocycles. The van der Waals surface area contributed by atoms with Gasteiger partial charge < -0.3 is 10.5 Å². The van der Waals surface area contributed by atoms with Crippen molar-refractivity contribution >= 4 is 9.84 Å². The zero-order valence-corrected chi connectivity index (χ0v) is 13.5. The molecule has 0 aromatic heterocycles. The summed E-state index contributed by atoms with van der Waals surface area (Å²) in [4.78, 5) is 0.342. The van der Waals surface area contributed by atoms with Crippen LogP contribution in [0.2, 0.25) is 0 Å². The average molecular weight is 311 g/mol. The average Bonchev–Trinajstić information content (AvgIpc) is 2.71. The molecule has 0 spiro atoms. The highest BCUT2D eigenvalue weighted by Crippen LogP contribution is 2.26. The first kappa shape index (κ1) is 16.3. The molecule has 0 bridgehead atoms. The summed E-state index contributed by atoms with van der Waals surface area (Å²) in [6.07, 6.45) is 6.82. The molecule has 1 aliphatic carbocycles. The summed E-state index contributed by atoms with van der Waals surface area (Å²) in [6, 6.07) is 6.63. The van der Waals surface area contributed by atoms with Gasteiger partial charge in [0.05, 0.1) is 16.2 Å². The topological polar surface area (TPSA) is 69.4 Å². The Balaban J connectivity index is 1.97. The van der Waals surface area contributed by atoms with Crippen molar-refractivity contribution in [3.05, 3.63) is 24.3 Å². The van der Waals surface area contributed by atoms with Crippen LogP contribution in [0.5, 0.6) is 5.75 Å². The molecule has 2 rings (SSSR count). The van der Waals surface area contributed by atoms with Crippen LogP contribution in [-0.4, -0.2) is 26.3 Å². The van der Waals surface area contributed by atoms with Gasteiger partial charge in [-0.2, -0.15) is 0 Å². The molecular formula is C16H25NO3S. The van der Waals surface area contributed by atoms with E-state index in [1.165, 1.54) is 12.8 Å². The van der Waals surface area contributed by atoms with E-state index in [-0.39, 0.29) is 11.3 Å². The van der Waals surface area contributed by atoms with Crippen molar-refractivity contribution in [1.82, 2.24) is 0 Å². The predicted molar refractivity (Wildman–Crippen MR) is 84.3 cm³/mol. The van der Waals surface area contributed by atoms with Crippen LogP contribution in [0.1, 0.15) is 45.4 Å². The highest BCUT2D eigenvalue weighted by molar-refractivity contribution is 7.91. The molecule has 0 amide bonds. The van der Waals surface area contributed by atoms with Gasteiger partial charge in [0.2, 0.25) is 0 Å². The summed E-state index contributed by atoms with van der Waals surface area (Å²) >= 11 is 0. The zero-order valence-electron chi connectivity index (χ0n) is 12.7. The predicted octanol–water partition coefficient (Wildman–Crippen LogP) is 2.91. The van der Waals surface area contributed by atoms with Crippen molar-refractivity contribution in [3.63, 3.8) is 0 Å². The molecule has 1 aliphatic rings. The van der Waals surface area contributed by atoms with Gasteiger partial charge in [-0.3, -0.25) is 0 Å². The third kappa shape index (κ3) is 4.45. The van der Waals surface area contributed by atoms with Crippen LogP contribution >= 0.6 is 0 Å². The lowest BCUT2D eigenvalue weighted by Crippen LogP contribution is -2.45. The van der Waals surface area contributed by atoms with Gasteiger partial charge in [0.25, 0.3) is 0 Å². The summed E-state index contributed by atoms with van der Waals surface area (Å²) in [6.45, 7) is 2.14. The molecule has 5 heteroatoms. The third-order valence-corrected chi connectivity index (χ3v) is 5.94. The molecule has 2 N–H and O–H groups in total. The first-order valence-electron chi connectivity index (χ1n) is 7.70. The normalized spacial score (nSPS) is 19.0. The standard InChI is InChI=1S/C16H25NO3S/c1-2-21(18,19)15-9-7-14(8-10-15)20-13-16(17)11-5-3-4-6-12-16/h7-10H,2-6,11-13,17H2,1H3. The van der Waals surface area contributed by atoms with E-state index in [0.717, 1.165) is 25.7 Å². The fourth-order valence-corrected chi connectivity index (χ4v) is 3.60. The first-order valence-corrected chi connectivity index (χ1v) is 9.35. The van der Waals surface area contributed by atoms with Gasteiger partial charge in [-0.25, -0.2) is 8.42 Å². The van der Waals surface area contributed by atoms with E-state index >= 15 is 0 Å². The monoisotopic (exact) mass is 311 g/mol. The minimum absolute atomic E-state index is 0.110. The second-order valence-corrected chi connectivity index (χ2v) is 8.22. The molecule has 1 aromatic rings. The maximum atomic E-state index is 11.7. The van der Waals surface area contributed by atoms with Crippen molar-refractivity contribution in [2.75, 3.05) is 12.4 Å². The van der Waals surface area contributed by atoms with E-state index in [9.17, 15) is 8.42 Å². The molecule has 0 aliphatic heterocycles. The van der Waals surface area contributed by atoms with Crippen LogP contribution in [0.15, 0.2) is 29.2 Å². The Morgan fingerprint density at radius 2 is 1.67 bits per heavy atom. The SMILES string of the molecule is CCS(=O)(=O)c1ccc(OCC2(N)CCCCCC2)cc1. The Labute approximate surface area is 127 Å². The highest BCUT2D eigenvalue weighted by Gasteiger charge is 2.27. The molecule has 0 unspecified atom stereocenters. The Kier molecular flexibility index (Phi) is 5.27. The van der Waals surface area contributed by atoms with E-state index in [0.29, 0.717) is 17.3 Å². The number of sulfone groups is 1. The fraction of sp³-hybridized carbons (Fsp3) is 0.625. The fourth-order valence-electron chi connectivity index (χ4n) is 2.71. The third-order valence-electron chi connectivity index (χ3n) is 4.19. The molecule has 4 nitrogen and oxygen atoms in total. The van der Waals surface area contributed by atoms with Gasteiger partial charge in [0.15, 0.2) is 9.84 Å². The van der Waals surface area contributed by atoms with Gasteiger partial charge in [0.1, 0.15) is 12.4 Å². The van der Waals surface area contributed by atoms with E-state index < -0.39 is 9.84 Å². The molecule has 0 heterocycles. The van der Waals surface area contributed by atoms with Crippen molar-refractivity contribution < 1.29 is 13.2 Å². The molecule has 0 radical (unpaired) electrons. The Hall–Kier alpha value is -1.07. The van der Waals surface area contributed by atoms with Gasteiger partial charge in [-0.1, -0.05) is 32.6 Å². The second kappa shape index (κ2) is 6.79. The summed E-state index contributed by atoms with van der Waals surface area (Å²) < 4.78 is 29.3. The molecule has 0 atom stereocenters. The molecule has 1 aromatic carbocycles. The van der Waals surface area contributed by atoms with Crippen LogP contribution in [0.4, 0.5) is 0 Å². The van der Waals surface area contributed by atoms with Gasteiger partial charge >= 0.3 is 0 Å². The summed E-state index contributed by atoms with van der Waals surface area (Å²) in [5, 5.41) is 0. The van der Waals surface area contributed by atoms with Crippen molar-refractivity contribution in [2.45, 2.75) is 55.9 Å². The lowest BCUT2D eigenvalue weighted by atomic mass is 9.92. The lowest BCUT2D eigenvalue weighted by molar-refractivity contribution is 0.199. The lowest BCUT2D eigenvalue weighted by Gasteiger charge is -2.27. The number of rotatable bonds is 5.